The summed E-state index contributed by atoms with van der Waals surface area (Å²) in [6.45, 7) is 5.37. The lowest BCUT2D eigenvalue weighted by atomic mass is 10.4. The van der Waals surface area contributed by atoms with E-state index in [1.165, 1.54) is 0 Å². The van der Waals surface area contributed by atoms with Crippen molar-refractivity contribution in [2.45, 2.75) is 19.8 Å². The zero-order chi connectivity index (χ0) is 6.24. The zero-order valence-corrected chi connectivity index (χ0v) is 5.12. The van der Waals surface area contributed by atoms with Crippen LogP contribution in [-0.4, -0.2) is 0 Å². The van der Waals surface area contributed by atoms with E-state index in [1.54, 1.807) is 0 Å². The molecule has 0 fully saturated rings. The standard InChI is InChI=1S/C8H9/c1-3-5-7-8-6-4-2/h1,3,8H2,2H3. The molecular weight excluding hydrogens is 96.1 g/mol. The summed E-state index contributed by atoms with van der Waals surface area (Å²) >= 11 is 0. The predicted molar refractivity (Wildman–Crippen MR) is 35.8 cm³/mol. The Kier molecular flexibility index (Phi) is 5.45. The van der Waals surface area contributed by atoms with Crippen LogP contribution in [0.5, 0.6) is 0 Å². The third-order valence-corrected chi connectivity index (χ3v) is 0.604. The molecule has 41 valence electrons. The van der Waals surface area contributed by atoms with Gasteiger partial charge in [-0.3, -0.25) is 0 Å². The molecule has 0 saturated heterocycles. The predicted octanol–water partition coefficient (Wildman–Crippen LogP) is 1.63. The van der Waals surface area contributed by atoms with Crippen molar-refractivity contribution in [3.8, 4) is 23.7 Å². The lowest BCUT2D eigenvalue weighted by Crippen LogP contribution is -1.58. The molecule has 8 heavy (non-hydrogen) atoms. The second-order valence-electron chi connectivity index (χ2n) is 1.21. The minimum Gasteiger partial charge on any atom is -0.106 e. The van der Waals surface area contributed by atoms with Gasteiger partial charge in [0, 0.05) is 6.42 Å². The number of rotatable bonds is 0. The molecule has 0 aliphatic rings. The van der Waals surface area contributed by atoms with Crippen molar-refractivity contribution < 1.29 is 0 Å². The van der Waals surface area contributed by atoms with E-state index >= 15 is 0 Å². The van der Waals surface area contributed by atoms with Gasteiger partial charge in [0.05, 0.1) is 6.42 Å². The summed E-state index contributed by atoms with van der Waals surface area (Å²) in [6, 6.07) is 0. The van der Waals surface area contributed by atoms with E-state index in [9.17, 15) is 0 Å². The van der Waals surface area contributed by atoms with E-state index in [4.69, 9.17) is 0 Å². The molecule has 0 aromatic carbocycles. The highest BCUT2D eigenvalue weighted by atomic mass is 13.7. The Hall–Kier alpha value is -0.880. The average molecular weight is 105 g/mol. The molecule has 0 unspecified atom stereocenters. The zero-order valence-electron chi connectivity index (χ0n) is 5.12. The first-order valence-electron chi connectivity index (χ1n) is 2.56. The van der Waals surface area contributed by atoms with E-state index in [2.05, 4.69) is 30.6 Å². The maximum Gasteiger partial charge on any atom is 0.0702 e. The van der Waals surface area contributed by atoms with Gasteiger partial charge in [-0.2, -0.15) is 0 Å². The monoisotopic (exact) mass is 105 g/mol. The van der Waals surface area contributed by atoms with E-state index in [1.807, 2.05) is 6.92 Å². The molecule has 0 rings (SSSR count). The maximum atomic E-state index is 3.56. The highest BCUT2D eigenvalue weighted by molar-refractivity contribution is 5.10. The summed E-state index contributed by atoms with van der Waals surface area (Å²) < 4.78 is 0. The molecule has 0 amide bonds. The lowest BCUT2D eigenvalue weighted by Gasteiger charge is -1.67. The van der Waals surface area contributed by atoms with Gasteiger partial charge < -0.3 is 0 Å². The van der Waals surface area contributed by atoms with Crippen molar-refractivity contribution in [1.29, 1.82) is 0 Å². The molecule has 0 aliphatic carbocycles. The fraction of sp³-hybridized carbons (Fsp3) is 0.375. The van der Waals surface area contributed by atoms with E-state index in [-0.39, 0.29) is 0 Å². The minimum absolute atomic E-state index is 0.686. The second kappa shape index (κ2) is 6.12. The average Bonchev–Trinajstić information content (AvgIpc) is 1.81. The summed E-state index contributed by atoms with van der Waals surface area (Å²) in [7, 11) is 0. The van der Waals surface area contributed by atoms with Crippen LogP contribution in [0.25, 0.3) is 0 Å². The Morgan fingerprint density at radius 3 is 2.50 bits per heavy atom. The van der Waals surface area contributed by atoms with Crippen LogP contribution < -0.4 is 0 Å². The molecule has 0 saturated carbocycles. The lowest BCUT2D eigenvalue weighted by molar-refractivity contribution is 1.45. The van der Waals surface area contributed by atoms with Gasteiger partial charge in [0.15, 0.2) is 0 Å². The first-order valence-corrected chi connectivity index (χ1v) is 2.56. The van der Waals surface area contributed by atoms with Crippen LogP contribution in [0.15, 0.2) is 0 Å². The number of hydrogen-bond acceptors (Lipinski definition) is 0. The fourth-order valence-electron chi connectivity index (χ4n) is 0.283. The molecule has 0 atom stereocenters. The summed E-state index contributed by atoms with van der Waals surface area (Å²) in [5.74, 6) is 11.3. The molecule has 0 aromatic heterocycles. The van der Waals surface area contributed by atoms with E-state index < -0.39 is 0 Å². The van der Waals surface area contributed by atoms with Crippen LogP contribution in [0.3, 0.4) is 0 Å². The Morgan fingerprint density at radius 1 is 1.25 bits per heavy atom. The summed E-state index contributed by atoms with van der Waals surface area (Å²) in [6.07, 6.45) is 1.37. The summed E-state index contributed by atoms with van der Waals surface area (Å²) in [5, 5.41) is 0. The van der Waals surface area contributed by atoms with Gasteiger partial charge in [-0.25, -0.2) is 0 Å². The van der Waals surface area contributed by atoms with Gasteiger partial charge in [-0.15, -0.1) is 11.8 Å². The molecule has 0 aromatic rings. The van der Waals surface area contributed by atoms with Crippen LogP contribution in [-0.2, 0) is 0 Å². The Bertz CT molecular complexity index is 144. The molecule has 0 aliphatic heterocycles. The molecule has 0 heterocycles. The molecule has 0 nitrogen and oxygen atoms in total. The normalized spacial score (nSPS) is 5.75. The molecule has 0 heteroatoms. The van der Waals surface area contributed by atoms with Crippen molar-refractivity contribution in [2.75, 3.05) is 0 Å². The quantitative estimate of drug-likeness (QED) is 0.411. The maximum absolute atomic E-state index is 3.56. The Labute approximate surface area is 51.3 Å². The summed E-state index contributed by atoms with van der Waals surface area (Å²) in [4.78, 5) is 0. The SMILES string of the molecule is [CH2]CC#CCC#CC. The van der Waals surface area contributed by atoms with Gasteiger partial charge in [0.25, 0.3) is 0 Å². The Morgan fingerprint density at radius 2 is 2.00 bits per heavy atom. The van der Waals surface area contributed by atoms with Crippen molar-refractivity contribution in [1.82, 2.24) is 0 Å². The van der Waals surface area contributed by atoms with Crippen LogP contribution in [0.4, 0.5) is 0 Å². The largest absolute Gasteiger partial charge is 0.106 e. The highest BCUT2D eigenvalue weighted by Gasteiger charge is 1.61. The van der Waals surface area contributed by atoms with Gasteiger partial charge in [0.2, 0.25) is 0 Å². The van der Waals surface area contributed by atoms with Crippen molar-refractivity contribution in [2.24, 2.45) is 0 Å². The molecule has 0 N–H and O–H groups in total. The van der Waals surface area contributed by atoms with Gasteiger partial charge in [-0.05, 0) is 13.8 Å². The minimum atomic E-state index is 0.686. The first kappa shape index (κ1) is 7.12. The van der Waals surface area contributed by atoms with Crippen LogP contribution in [0, 0.1) is 30.6 Å². The molecule has 0 bridgehead atoms. The van der Waals surface area contributed by atoms with Crippen molar-refractivity contribution in [3.05, 3.63) is 6.92 Å². The molecule has 1 radical (unpaired) electrons. The van der Waals surface area contributed by atoms with Crippen LogP contribution in [0.2, 0.25) is 0 Å². The van der Waals surface area contributed by atoms with Crippen molar-refractivity contribution >= 4 is 0 Å². The fourth-order valence-corrected chi connectivity index (χ4v) is 0.283. The van der Waals surface area contributed by atoms with Crippen LogP contribution >= 0.6 is 0 Å². The van der Waals surface area contributed by atoms with Gasteiger partial charge >= 0.3 is 0 Å². The third kappa shape index (κ3) is 5.12. The van der Waals surface area contributed by atoms with E-state index in [0.717, 1.165) is 0 Å². The molecular formula is C8H9. The van der Waals surface area contributed by atoms with Gasteiger partial charge in [-0.1, -0.05) is 11.8 Å². The second-order valence-corrected chi connectivity index (χ2v) is 1.21. The van der Waals surface area contributed by atoms with E-state index in [0.29, 0.717) is 12.8 Å². The number of hydrogen-bond donors (Lipinski definition) is 0. The molecule has 0 spiro atoms. The van der Waals surface area contributed by atoms with Crippen molar-refractivity contribution in [3.63, 3.8) is 0 Å². The Balaban J connectivity index is 3.24. The third-order valence-electron chi connectivity index (χ3n) is 0.604. The highest BCUT2D eigenvalue weighted by Crippen LogP contribution is 1.71. The van der Waals surface area contributed by atoms with Gasteiger partial charge in [0.1, 0.15) is 0 Å². The van der Waals surface area contributed by atoms with Crippen LogP contribution in [0.1, 0.15) is 19.8 Å². The topological polar surface area (TPSA) is 0 Å². The summed E-state index contributed by atoms with van der Waals surface area (Å²) in [5.41, 5.74) is 0. The smallest absolute Gasteiger partial charge is 0.0702 e. The first-order chi connectivity index (χ1) is 3.91.